The molecule has 2 aromatic carbocycles. The van der Waals surface area contributed by atoms with Gasteiger partial charge in [-0.3, -0.25) is 9.59 Å². The molecule has 0 spiro atoms. The molecular formula is C21H23NO3S. The van der Waals surface area contributed by atoms with Crippen LogP contribution in [0.2, 0.25) is 0 Å². The number of carbonyl (C=O) groups excluding carboxylic acids is 2. The smallest absolute Gasteiger partial charge is 0.227 e. The minimum Gasteiger partial charge on any atom is -0.497 e. The van der Waals surface area contributed by atoms with Crippen molar-refractivity contribution in [3.63, 3.8) is 0 Å². The predicted molar refractivity (Wildman–Crippen MR) is 105 cm³/mol. The van der Waals surface area contributed by atoms with Crippen LogP contribution in [0.15, 0.2) is 47.4 Å². The van der Waals surface area contributed by atoms with Gasteiger partial charge in [0.25, 0.3) is 0 Å². The monoisotopic (exact) mass is 369 g/mol. The molecule has 0 aromatic heterocycles. The summed E-state index contributed by atoms with van der Waals surface area (Å²) in [7, 11) is 1.64. The van der Waals surface area contributed by atoms with E-state index in [1.807, 2.05) is 53.6 Å². The molecule has 26 heavy (non-hydrogen) atoms. The van der Waals surface area contributed by atoms with Crippen molar-refractivity contribution in [2.75, 3.05) is 24.8 Å². The highest BCUT2D eigenvalue weighted by Gasteiger charge is 2.23. The first-order valence-corrected chi connectivity index (χ1v) is 9.99. The van der Waals surface area contributed by atoms with Crippen molar-refractivity contribution in [3.8, 4) is 5.75 Å². The Labute approximate surface area is 158 Å². The normalized spacial score (nSPS) is 13.2. The summed E-state index contributed by atoms with van der Waals surface area (Å²) in [6.07, 6.45) is 4.34. The lowest BCUT2D eigenvalue weighted by atomic mass is 10.00. The summed E-state index contributed by atoms with van der Waals surface area (Å²) in [5, 5.41) is 0. The van der Waals surface area contributed by atoms with E-state index < -0.39 is 0 Å². The SMILES string of the molecule is COc1ccc2c(c1)CCCN2C(=O)CCC(=O)c1ccc(SC)cc1. The maximum absolute atomic E-state index is 12.7. The van der Waals surface area contributed by atoms with E-state index >= 15 is 0 Å². The van der Waals surface area contributed by atoms with Gasteiger partial charge in [-0.25, -0.2) is 0 Å². The average Bonchev–Trinajstić information content (AvgIpc) is 2.70. The van der Waals surface area contributed by atoms with E-state index in [1.54, 1.807) is 18.9 Å². The highest BCUT2D eigenvalue weighted by molar-refractivity contribution is 7.98. The molecule has 3 rings (SSSR count). The summed E-state index contributed by atoms with van der Waals surface area (Å²) in [5.41, 5.74) is 2.74. The lowest BCUT2D eigenvalue weighted by molar-refractivity contribution is -0.118. The van der Waals surface area contributed by atoms with Crippen molar-refractivity contribution in [3.05, 3.63) is 53.6 Å². The van der Waals surface area contributed by atoms with E-state index in [4.69, 9.17) is 4.74 Å². The van der Waals surface area contributed by atoms with Crippen molar-refractivity contribution in [2.24, 2.45) is 0 Å². The van der Waals surface area contributed by atoms with E-state index in [-0.39, 0.29) is 24.5 Å². The molecule has 0 aliphatic carbocycles. The second kappa shape index (κ2) is 8.41. The van der Waals surface area contributed by atoms with Crippen LogP contribution in [0.3, 0.4) is 0 Å². The standard InChI is InChI=1S/C21H23NO3S/c1-25-17-7-10-19-16(14-17)4-3-13-22(19)21(24)12-11-20(23)15-5-8-18(26-2)9-6-15/h5-10,14H,3-4,11-13H2,1-2H3. The lowest BCUT2D eigenvalue weighted by Crippen LogP contribution is -2.35. The number of hydrogen-bond acceptors (Lipinski definition) is 4. The second-order valence-electron chi connectivity index (χ2n) is 6.30. The Kier molecular flexibility index (Phi) is 5.99. The number of Topliss-reactive ketones (excluding diaryl/α,β-unsaturated/α-hetero) is 1. The van der Waals surface area contributed by atoms with Gasteiger partial charge in [0, 0.05) is 35.5 Å². The number of hydrogen-bond donors (Lipinski definition) is 0. The minimum atomic E-state index is 0.00482. The Balaban J connectivity index is 1.64. The fourth-order valence-electron chi connectivity index (χ4n) is 3.24. The summed E-state index contributed by atoms with van der Waals surface area (Å²) in [4.78, 5) is 28.0. The summed E-state index contributed by atoms with van der Waals surface area (Å²) in [5.74, 6) is 0.824. The van der Waals surface area contributed by atoms with Gasteiger partial charge in [-0.2, -0.15) is 0 Å². The van der Waals surface area contributed by atoms with E-state index in [9.17, 15) is 9.59 Å². The van der Waals surface area contributed by atoms with E-state index in [2.05, 4.69) is 0 Å². The molecule has 1 amide bonds. The number of thioether (sulfide) groups is 1. The third-order valence-electron chi connectivity index (χ3n) is 4.68. The molecule has 1 heterocycles. The van der Waals surface area contributed by atoms with Gasteiger partial charge in [-0.15, -0.1) is 11.8 Å². The fraction of sp³-hybridized carbons (Fsp3) is 0.333. The Morgan fingerprint density at radius 3 is 2.58 bits per heavy atom. The van der Waals surface area contributed by atoms with Crippen LogP contribution in [0.25, 0.3) is 0 Å². The van der Waals surface area contributed by atoms with Crippen molar-refractivity contribution in [1.29, 1.82) is 0 Å². The maximum Gasteiger partial charge on any atom is 0.227 e. The third kappa shape index (κ3) is 4.10. The van der Waals surface area contributed by atoms with Crippen LogP contribution >= 0.6 is 11.8 Å². The molecule has 0 radical (unpaired) electrons. The number of anilines is 1. The van der Waals surface area contributed by atoms with Gasteiger partial charge in [-0.1, -0.05) is 12.1 Å². The number of nitrogens with zero attached hydrogens (tertiary/aromatic N) is 1. The predicted octanol–water partition coefficient (Wildman–Crippen LogP) is 4.36. The van der Waals surface area contributed by atoms with Crippen molar-refractivity contribution >= 4 is 29.1 Å². The van der Waals surface area contributed by atoms with E-state index in [0.29, 0.717) is 12.1 Å². The van der Waals surface area contributed by atoms with Gasteiger partial charge in [0.05, 0.1) is 7.11 Å². The van der Waals surface area contributed by atoms with Gasteiger partial charge in [0.1, 0.15) is 5.75 Å². The van der Waals surface area contributed by atoms with Gasteiger partial charge in [-0.05, 0) is 55.0 Å². The largest absolute Gasteiger partial charge is 0.497 e. The zero-order valence-electron chi connectivity index (χ0n) is 15.2. The number of carbonyl (C=O) groups is 2. The highest BCUT2D eigenvalue weighted by Crippen LogP contribution is 2.31. The first-order valence-electron chi connectivity index (χ1n) is 8.77. The topological polar surface area (TPSA) is 46.6 Å². The van der Waals surface area contributed by atoms with Crippen LogP contribution in [-0.4, -0.2) is 31.6 Å². The van der Waals surface area contributed by atoms with Gasteiger partial charge >= 0.3 is 0 Å². The molecule has 0 bridgehead atoms. The van der Waals surface area contributed by atoms with Crippen LogP contribution in [0.1, 0.15) is 35.2 Å². The summed E-state index contributed by atoms with van der Waals surface area (Å²) in [6, 6.07) is 13.4. The van der Waals surface area contributed by atoms with Crippen molar-refractivity contribution in [2.45, 2.75) is 30.6 Å². The maximum atomic E-state index is 12.7. The number of methoxy groups -OCH3 is 1. The molecule has 4 nitrogen and oxygen atoms in total. The molecule has 0 N–H and O–H groups in total. The lowest BCUT2D eigenvalue weighted by Gasteiger charge is -2.29. The molecular weight excluding hydrogens is 346 g/mol. The number of benzene rings is 2. The molecule has 2 aromatic rings. The second-order valence-corrected chi connectivity index (χ2v) is 7.17. The van der Waals surface area contributed by atoms with Crippen LogP contribution in [0, 0.1) is 0 Å². The molecule has 0 atom stereocenters. The van der Waals surface area contributed by atoms with Crippen molar-refractivity contribution in [1.82, 2.24) is 0 Å². The van der Waals surface area contributed by atoms with Crippen LogP contribution in [0.5, 0.6) is 5.75 Å². The first-order chi connectivity index (χ1) is 12.6. The summed E-state index contributed by atoms with van der Waals surface area (Å²) in [6.45, 7) is 0.703. The quantitative estimate of drug-likeness (QED) is 0.561. The Morgan fingerprint density at radius 2 is 1.88 bits per heavy atom. The number of aryl methyl sites for hydroxylation is 1. The number of amides is 1. The minimum absolute atomic E-state index is 0.00482. The molecule has 1 aliphatic heterocycles. The Hall–Kier alpha value is -2.27. The molecule has 5 heteroatoms. The first kappa shape index (κ1) is 18.5. The van der Waals surface area contributed by atoms with E-state index in [0.717, 1.165) is 34.7 Å². The third-order valence-corrected chi connectivity index (χ3v) is 5.43. The summed E-state index contributed by atoms with van der Waals surface area (Å²) >= 11 is 1.64. The zero-order valence-corrected chi connectivity index (χ0v) is 16.0. The molecule has 0 saturated carbocycles. The number of ether oxygens (including phenoxy) is 1. The Bertz CT molecular complexity index is 801. The van der Waals surface area contributed by atoms with Gasteiger partial charge < -0.3 is 9.64 Å². The van der Waals surface area contributed by atoms with Crippen LogP contribution < -0.4 is 9.64 Å². The summed E-state index contributed by atoms with van der Waals surface area (Å²) < 4.78 is 5.27. The van der Waals surface area contributed by atoms with E-state index in [1.165, 1.54) is 0 Å². The number of fused-ring (bicyclic) bond motifs is 1. The van der Waals surface area contributed by atoms with Crippen LogP contribution in [0.4, 0.5) is 5.69 Å². The molecule has 0 fully saturated rings. The molecule has 0 saturated heterocycles. The van der Waals surface area contributed by atoms with Gasteiger partial charge in [0.2, 0.25) is 5.91 Å². The molecule has 0 unspecified atom stereocenters. The zero-order chi connectivity index (χ0) is 18.5. The molecule has 1 aliphatic rings. The highest BCUT2D eigenvalue weighted by atomic mass is 32.2. The van der Waals surface area contributed by atoms with Crippen LogP contribution in [-0.2, 0) is 11.2 Å². The van der Waals surface area contributed by atoms with Crippen molar-refractivity contribution < 1.29 is 14.3 Å². The average molecular weight is 369 g/mol. The number of ketones is 1. The number of rotatable bonds is 6. The Morgan fingerprint density at radius 1 is 1.12 bits per heavy atom. The fourth-order valence-corrected chi connectivity index (χ4v) is 3.64. The van der Waals surface area contributed by atoms with Gasteiger partial charge in [0.15, 0.2) is 5.78 Å². The molecule has 136 valence electrons.